The van der Waals surface area contributed by atoms with Gasteiger partial charge in [-0.2, -0.15) is 5.10 Å². The van der Waals surface area contributed by atoms with Gasteiger partial charge in [-0.25, -0.2) is 0 Å². The fourth-order valence-corrected chi connectivity index (χ4v) is 2.14. The smallest absolute Gasteiger partial charge is 0.138 e. The standard InChI is InChI=1S/C16H22ClN3O/c1-11(2)20-10-13(9-19-20)8-18-14-5-6-16(15(17)7-14)21-12(3)4/h5-7,9-12,18H,8H2,1-4H3. The Balaban J connectivity index is 1.98. The predicted molar refractivity (Wildman–Crippen MR) is 87.2 cm³/mol. The van der Waals surface area contributed by atoms with Crippen molar-refractivity contribution in [3.8, 4) is 5.75 Å². The van der Waals surface area contributed by atoms with Gasteiger partial charge in [-0.05, 0) is 45.9 Å². The van der Waals surface area contributed by atoms with Crippen LogP contribution in [0.1, 0.15) is 39.3 Å². The molecular formula is C16H22ClN3O. The summed E-state index contributed by atoms with van der Waals surface area (Å²) in [6.45, 7) is 8.89. The van der Waals surface area contributed by atoms with E-state index in [-0.39, 0.29) is 6.10 Å². The Kier molecular flexibility index (Phi) is 5.12. The van der Waals surface area contributed by atoms with Crippen LogP contribution in [0.15, 0.2) is 30.6 Å². The van der Waals surface area contributed by atoms with Gasteiger partial charge in [0.05, 0.1) is 17.3 Å². The topological polar surface area (TPSA) is 39.1 Å². The first-order chi connectivity index (χ1) is 9.95. The number of nitrogens with one attached hydrogen (secondary N) is 1. The van der Waals surface area contributed by atoms with E-state index in [9.17, 15) is 0 Å². The lowest BCUT2D eigenvalue weighted by molar-refractivity contribution is 0.242. The summed E-state index contributed by atoms with van der Waals surface area (Å²) in [6, 6.07) is 6.12. The second kappa shape index (κ2) is 6.85. The molecule has 0 aliphatic carbocycles. The number of hydrogen-bond donors (Lipinski definition) is 1. The SMILES string of the molecule is CC(C)Oc1ccc(NCc2cnn(C(C)C)c2)cc1Cl. The van der Waals surface area contributed by atoms with Gasteiger partial charge in [0, 0.05) is 30.0 Å². The van der Waals surface area contributed by atoms with Gasteiger partial charge in [-0.1, -0.05) is 11.6 Å². The number of halogens is 1. The van der Waals surface area contributed by atoms with Crippen molar-refractivity contribution in [2.45, 2.75) is 46.4 Å². The molecule has 2 rings (SSSR count). The molecule has 4 nitrogen and oxygen atoms in total. The van der Waals surface area contributed by atoms with Crippen LogP contribution in [0.5, 0.6) is 5.75 Å². The van der Waals surface area contributed by atoms with Crippen molar-refractivity contribution in [3.05, 3.63) is 41.2 Å². The fraction of sp³-hybridized carbons (Fsp3) is 0.438. The molecule has 2 aromatic rings. The lowest BCUT2D eigenvalue weighted by atomic mass is 10.2. The van der Waals surface area contributed by atoms with Crippen LogP contribution in [0.25, 0.3) is 0 Å². The third kappa shape index (κ3) is 4.39. The Hall–Kier alpha value is -1.68. The molecule has 0 saturated carbocycles. The van der Waals surface area contributed by atoms with Crippen molar-refractivity contribution in [3.63, 3.8) is 0 Å². The van der Waals surface area contributed by atoms with Crippen molar-refractivity contribution in [1.29, 1.82) is 0 Å². The van der Waals surface area contributed by atoms with Crippen molar-refractivity contribution < 1.29 is 4.74 Å². The molecule has 1 aromatic carbocycles. The van der Waals surface area contributed by atoms with Crippen LogP contribution >= 0.6 is 11.6 Å². The van der Waals surface area contributed by atoms with Gasteiger partial charge in [0.15, 0.2) is 0 Å². The van der Waals surface area contributed by atoms with Crippen molar-refractivity contribution in [2.24, 2.45) is 0 Å². The highest BCUT2D eigenvalue weighted by Crippen LogP contribution is 2.28. The summed E-state index contributed by atoms with van der Waals surface area (Å²) in [5, 5.41) is 8.28. The lowest BCUT2D eigenvalue weighted by Crippen LogP contribution is -2.06. The number of nitrogens with zero attached hydrogens (tertiary/aromatic N) is 2. The Bertz CT molecular complexity index is 593. The highest BCUT2D eigenvalue weighted by molar-refractivity contribution is 6.32. The average molecular weight is 308 g/mol. The van der Waals surface area contributed by atoms with E-state index in [4.69, 9.17) is 16.3 Å². The quantitative estimate of drug-likeness (QED) is 0.853. The third-order valence-corrected chi connectivity index (χ3v) is 3.27. The second-order valence-corrected chi connectivity index (χ2v) is 5.99. The molecule has 5 heteroatoms. The summed E-state index contributed by atoms with van der Waals surface area (Å²) in [6.07, 6.45) is 4.04. The van der Waals surface area contributed by atoms with Crippen molar-refractivity contribution >= 4 is 17.3 Å². The summed E-state index contributed by atoms with van der Waals surface area (Å²) in [5.41, 5.74) is 2.11. The third-order valence-electron chi connectivity index (χ3n) is 2.98. The van der Waals surface area contributed by atoms with Gasteiger partial charge in [-0.3, -0.25) is 4.68 Å². The number of rotatable bonds is 6. The van der Waals surface area contributed by atoms with E-state index in [1.165, 1.54) is 0 Å². The Morgan fingerprint density at radius 1 is 1.29 bits per heavy atom. The number of ether oxygens (including phenoxy) is 1. The molecule has 0 fully saturated rings. The van der Waals surface area contributed by atoms with E-state index in [0.717, 1.165) is 11.3 Å². The molecule has 21 heavy (non-hydrogen) atoms. The van der Waals surface area contributed by atoms with Gasteiger partial charge in [0.1, 0.15) is 5.75 Å². The summed E-state index contributed by atoms with van der Waals surface area (Å²) >= 11 is 6.22. The highest BCUT2D eigenvalue weighted by atomic mass is 35.5. The summed E-state index contributed by atoms with van der Waals surface area (Å²) < 4.78 is 7.57. The molecule has 0 amide bonds. The monoisotopic (exact) mass is 307 g/mol. The van der Waals surface area contributed by atoms with E-state index in [2.05, 4.69) is 30.5 Å². The largest absolute Gasteiger partial charge is 0.489 e. The maximum Gasteiger partial charge on any atom is 0.138 e. The van der Waals surface area contributed by atoms with E-state index in [1.54, 1.807) is 0 Å². The minimum absolute atomic E-state index is 0.114. The fourth-order valence-electron chi connectivity index (χ4n) is 1.92. The molecule has 114 valence electrons. The number of hydrogen-bond acceptors (Lipinski definition) is 3. The van der Waals surface area contributed by atoms with Crippen LogP contribution in [0, 0.1) is 0 Å². The first kappa shape index (κ1) is 15.7. The number of aromatic nitrogens is 2. The van der Waals surface area contributed by atoms with Gasteiger partial charge < -0.3 is 10.1 Å². The molecule has 0 radical (unpaired) electrons. The van der Waals surface area contributed by atoms with Crippen molar-refractivity contribution in [2.75, 3.05) is 5.32 Å². The maximum atomic E-state index is 6.22. The van der Waals surface area contributed by atoms with Crippen LogP contribution < -0.4 is 10.1 Å². The van der Waals surface area contributed by atoms with Gasteiger partial charge in [0.25, 0.3) is 0 Å². The summed E-state index contributed by atoms with van der Waals surface area (Å²) in [4.78, 5) is 0. The van der Waals surface area contributed by atoms with Crippen LogP contribution in [0.3, 0.4) is 0 Å². The highest BCUT2D eigenvalue weighted by Gasteiger charge is 2.06. The Morgan fingerprint density at radius 2 is 2.05 bits per heavy atom. The van der Waals surface area contributed by atoms with Crippen LogP contribution in [0.4, 0.5) is 5.69 Å². The van der Waals surface area contributed by atoms with Crippen LogP contribution in [-0.2, 0) is 6.54 Å². The Morgan fingerprint density at radius 3 is 2.62 bits per heavy atom. The molecule has 1 N–H and O–H groups in total. The number of benzene rings is 1. The van der Waals surface area contributed by atoms with E-state index >= 15 is 0 Å². The molecule has 0 atom stereocenters. The van der Waals surface area contributed by atoms with E-state index in [1.807, 2.05) is 42.9 Å². The molecule has 1 aromatic heterocycles. The molecule has 0 aliphatic heterocycles. The van der Waals surface area contributed by atoms with Gasteiger partial charge in [-0.15, -0.1) is 0 Å². The zero-order chi connectivity index (χ0) is 15.4. The number of anilines is 1. The predicted octanol–water partition coefficient (Wildman–Crippen LogP) is 4.52. The van der Waals surface area contributed by atoms with E-state index in [0.29, 0.717) is 23.4 Å². The minimum atomic E-state index is 0.114. The Labute approximate surface area is 131 Å². The van der Waals surface area contributed by atoms with Crippen LogP contribution in [0.2, 0.25) is 5.02 Å². The molecule has 1 heterocycles. The molecule has 0 bridgehead atoms. The van der Waals surface area contributed by atoms with Gasteiger partial charge >= 0.3 is 0 Å². The van der Waals surface area contributed by atoms with Crippen molar-refractivity contribution in [1.82, 2.24) is 9.78 Å². The molecule has 0 unspecified atom stereocenters. The van der Waals surface area contributed by atoms with Gasteiger partial charge in [0.2, 0.25) is 0 Å². The van der Waals surface area contributed by atoms with E-state index < -0.39 is 0 Å². The average Bonchev–Trinajstić information content (AvgIpc) is 2.88. The first-order valence-corrected chi connectivity index (χ1v) is 7.56. The molecule has 0 aliphatic rings. The summed E-state index contributed by atoms with van der Waals surface area (Å²) in [5.74, 6) is 0.713. The summed E-state index contributed by atoms with van der Waals surface area (Å²) in [7, 11) is 0. The molecule has 0 spiro atoms. The zero-order valence-corrected chi connectivity index (χ0v) is 13.7. The normalized spacial score (nSPS) is 11.2. The maximum absolute atomic E-state index is 6.22. The minimum Gasteiger partial charge on any atom is -0.489 e. The molecular weight excluding hydrogens is 286 g/mol. The zero-order valence-electron chi connectivity index (χ0n) is 12.9. The first-order valence-electron chi connectivity index (χ1n) is 7.19. The lowest BCUT2D eigenvalue weighted by Gasteiger charge is -2.13. The second-order valence-electron chi connectivity index (χ2n) is 5.59. The van der Waals surface area contributed by atoms with Crippen LogP contribution in [-0.4, -0.2) is 15.9 Å². The molecule has 0 saturated heterocycles.